The van der Waals surface area contributed by atoms with Crippen LogP contribution in [0.1, 0.15) is 272 Å². The summed E-state index contributed by atoms with van der Waals surface area (Å²) in [6.07, 6.45) is 9.53. The van der Waals surface area contributed by atoms with Crippen molar-refractivity contribution in [1.29, 1.82) is 0 Å². The first-order valence-electron chi connectivity index (χ1n) is 46.9. The van der Waals surface area contributed by atoms with Crippen LogP contribution in [0.15, 0.2) is 261 Å². The number of aromatic nitrogens is 3. The third kappa shape index (κ3) is 20.7. The molecule has 0 amide bonds. The van der Waals surface area contributed by atoms with Gasteiger partial charge in [0.2, 0.25) is 0 Å². The fourth-order valence-corrected chi connectivity index (χ4v) is 21.5. The number of aryl methyl sites for hydroxylation is 2. The Hall–Kier alpha value is -10.9. The van der Waals surface area contributed by atoms with Gasteiger partial charge in [0, 0.05) is 86.4 Å². The van der Waals surface area contributed by atoms with Gasteiger partial charge in [-0.05, 0) is 266 Å². The van der Waals surface area contributed by atoms with Gasteiger partial charge < -0.3 is 19.3 Å². The van der Waals surface area contributed by atoms with Crippen molar-refractivity contribution >= 4 is 98.0 Å². The molecule has 0 radical (unpaired) electrons. The average Bonchev–Trinajstić information content (AvgIpc) is 2.04. The molecular formula is C118H135N5O2S. The van der Waals surface area contributed by atoms with Crippen LogP contribution < -0.4 is 9.64 Å². The van der Waals surface area contributed by atoms with E-state index in [1.165, 1.54) is 185 Å². The van der Waals surface area contributed by atoms with Gasteiger partial charge in [-0.15, -0.1) is 11.3 Å². The monoisotopic (exact) mass is 1690 g/mol. The number of pyridine rings is 3. The maximum absolute atomic E-state index is 5.61. The summed E-state index contributed by atoms with van der Waals surface area (Å²) in [5.41, 5.74) is 30.6. The maximum atomic E-state index is 5.61. The van der Waals surface area contributed by atoms with Gasteiger partial charge >= 0.3 is 0 Å². The van der Waals surface area contributed by atoms with Crippen LogP contribution in [0.5, 0.6) is 5.75 Å². The highest BCUT2D eigenvalue weighted by atomic mass is 32.1. The fraction of sp³-hybridized carbons (Fsp3) is 0.347. The number of ether oxygens (including phenoxy) is 2. The van der Waals surface area contributed by atoms with E-state index >= 15 is 0 Å². The van der Waals surface area contributed by atoms with Gasteiger partial charge in [-0.3, -0.25) is 9.97 Å². The van der Waals surface area contributed by atoms with E-state index < -0.39 is 0 Å². The Balaban J connectivity index is 0.000000117. The number of hydrogen-bond acceptors (Lipinski definition) is 8. The van der Waals surface area contributed by atoms with Gasteiger partial charge in [-0.2, -0.15) is 0 Å². The molecule has 0 N–H and O–H groups in total. The van der Waals surface area contributed by atoms with Crippen molar-refractivity contribution in [1.82, 2.24) is 19.9 Å². The first-order chi connectivity index (χ1) is 60.9. The molecule has 7 nitrogen and oxygen atoms in total. The molecule has 16 aromatic rings. The summed E-state index contributed by atoms with van der Waals surface area (Å²) in [7, 11) is 4.36. The van der Waals surface area contributed by atoms with Crippen molar-refractivity contribution in [2.24, 2.45) is 5.92 Å². The van der Waals surface area contributed by atoms with Gasteiger partial charge in [0.1, 0.15) is 5.75 Å². The Morgan fingerprint density at radius 2 is 0.778 bits per heavy atom. The van der Waals surface area contributed by atoms with Gasteiger partial charge in [0.15, 0.2) is 0 Å². The van der Waals surface area contributed by atoms with E-state index in [-0.39, 0.29) is 0 Å². The summed E-state index contributed by atoms with van der Waals surface area (Å²) in [6.45, 7) is 43.3. The van der Waals surface area contributed by atoms with Gasteiger partial charge in [0.05, 0.1) is 41.9 Å². The van der Waals surface area contributed by atoms with Crippen molar-refractivity contribution in [3.63, 3.8) is 0 Å². The number of anilines is 2. The minimum Gasteiger partial charge on any atom is -0.493 e. The van der Waals surface area contributed by atoms with Crippen LogP contribution in [0, 0.1) is 12.8 Å². The molecule has 8 heterocycles. The second-order valence-corrected chi connectivity index (χ2v) is 38.8. The second kappa shape index (κ2) is 42.2. The van der Waals surface area contributed by atoms with Crippen molar-refractivity contribution in [2.45, 2.75) is 230 Å². The molecule has 0 unspecified atom stereocenters. The third-order valence-electron chi connectivity index (χ3n) is 25.9. The van der Waals surface area contributed by atoms with E-state index in [4.69, 9.17) is 24.4 Å². The largest absolute Gasteiger partial charge is 0.493 e. The van der Waals surface area contributed by atoms with Crippen LogP contribution in [-0.2, 0) is 50.0 Å². The summed E-state index contributed by atoms with van der Waals surface area (Å²) in [5.74, 6) is 6.31. The molecule has 0 bridgehead atoms. The fourth-order valence-electron chi connectivity index (χ4n) is 20.2. The molecule has 0 spiro atoms. The topological polar surface area (TPSA) is 63.6 Å². The zero-order valence-corrected chi connectivity index (χ0v) is 79.5. The molecule has 126 heavy (non-hydrogen) atoms. The summed E-state index contributed by atoms with van der Waals surface area (Å²) in [5, 5.41) is 12.2. The Morgan fingerprint density at radius 3 is 1.31 bits per heavy atom. The molecule has 5 aliphatic rings. The standard InChI is InChI=1S/C17H19N.C17H16.C16H20N2.C16H19N.C16H15N.2C12H16O.C12H14S/c1-12(2)17-13-8-4-6-10-15(13)18(3)16-11-7-5-9-14(16)17;1-12(2)17-15-9-5-3-7-13(15)11-14-8-4-6-10-16(14)17;1-11(2)16-12-6-4-5-7-14(12)17-15-8-9-18(3)10-13(15)16;2*1-11(2)16-12-7-3-5-9-14(12)17-15-10-6-4-8-13(15)16;1-9(2)10-5-3-7-12-11(10)6-4-8-13-12;1-9(2)11-5-3-4-10-8-13-7-6-12(10)11;1-8(2)12-9(3)13-11-7-5-4-6-10(11)12/h4-12,17H,1-3H3;3-12H,1-2H3;4-7,11H,8-10H2,1-3H3;3,5,7,9,11H,4,6,8,10H2,1-2H3;3-11H,1-2H3;3,5,7,9H,4,6,8H2,1-2H3;3-5,9H,6-8H2,1-2H3;4-8H,1-3H3. The Kier molecular flexibility index (Phi) is 30.6. The van der Waals surface area contributed by atoms with E-state index in [0.29, 0.717) is 53.3 Å². The molecule has 4 aliphatic heterocycles. The molecule has 0 fully saturated rings. The lowest BCUT2D eigenvalue weighted by atomic mass is 9.78. The normalized spacial score (nSPS) is 13.9. The number of likely N-dealkylation sites (N-methyl/N-ethyl adjacent to an activating group) is 1. The highest BCUT2D eigenvalue weighted by molar-refractivity contribution is 7.19. The van der Waals surface area contributed by atoms with Gasteiger partial charge in [0.25, 0.3) is 0 Å². The third-order valence-corrected chi connectivity index (χ3v) is 27.0. The number of fused-ring (bicyclic) bond motifs is 13. The molecular weight excluding hydrogens is 1550 g/mol. The van der Waals surface area contributed by atoms with E-state index in [1.54, 1.807) is 11.1 Å². The van der Waals surface area contributed by atoms with Crippen LogP contribution in [0.4, 0.5) is 11.4 Å². The number of para-hydroxylation sites is 6. The van der Waals surface area contributed by atoms with Crippen molar-refractivity contribution in [2.75, 3.05) is 38.8 Å². The summed E-state index contributed by atoms with van der Waals surface area (Å²) < 4.78 is 12.5. The molecule has 21 rings (SSSR count). The first kappa shape index (κ1) is 91.3. The minimum atomic E-state index is 0.507. The minimum absolute atomic E-state index is 0.507. The Morgan fingerprint density at radius 1 is 0.349 bits per heavy atom. The van der Waals surface area contributed by atoms with E-state index in [2.05, 4.69) is 390 Å². The summed E-state index contributed by atoms with van der Waals surface area (Å²) >= 11 is 1.91. The van der Waals surface area contributed by atoms with Gasteiger partial charge in [-0.25, -0.2) is 4.98 Å². The number of benzene rings is 12. The second-order valence-electron chi connectivity index (χ2n) is 37.5. The average molecular weight is 1690 g/mol. The first-order valence-corrected chi connectivity index (χ1v) is 47.8. The lowest BCUT2D eigenvalue weighted by Crippen LogP contribution is -2.28. The predicted octanol–water partition coefficient (Wildman–Crippen LogP) is 32.1. The number of rotatable bonds is 8. The number of thiophene rings is 1. The van der Waals surface area contributed by atoms with Crippen molar-refractivity contribution in [3.05, 3.63) is 355 Å². The molecule has 0 saturated heterocycles. The molecule has 0 atom stereocenters. The summed E-state index contributed by atoms with van der Waals surface area (Å²) in [4.78, 5) is 20.6. The number of hydrogen-bond donors (Lipinski definition) is 0. The van der Waals surface area contributed by atoms with Crippen LogP contribution in [0.25, 0.3) is 75.2 Å². The van der Waals surface area contributed by atoms with Crippen molar-refractivity contribution in [3.8, 4) is 5.75 Å². The van der Waals surface area contributed by atoms with Crippen molar-refractivity contribution < 1.29 is 9.47 Å². The highest BCUT2D eigenvalue weighted by Crippen LogP contribution is 2.48. The molecule has 4 aromatic heterocycles. The van der Waals surface area contributed by atoms with Crippen LogP contribution in [0.2, 0.25) is 0 Å². The molecule has 0 saturated carbocycles. The molecule has 8 heteroatoms. The van der Waals surface area contributed by atoms with Crippen LogP contribution >= 0.6 is 11.3 Å². The van der Waals surface area contributed by atoms with Gasteiger partial charge in [-0.1, -0.05) is 317 Å². The van der Waals surface area contributed by atoms with E-state index in [0.717, 1.165) is 74.5 Å². The molecule has 650 valence electrons. The Labute approximate surface area is 757 Å². The molecule has 1 aliphatic carbocycles. The van der Waals surface area contributed by atoms with Crippen LogP contribution in [0.3, 0.4) is 0 Å². The lowest BCUT2D eigenvalue weighted by Gasteiger charge is -2.37. The quantitative estimate of drug-likeness (QED) is 0.140. The summed E-state index contributed by atoms with van der Waals surface area (Å²) in [6, 6.07) is 92.8. The highest BCUT2D eigenvalue weighted by Gasteiger charge is 2.31. The van der Waals surface area contributed by atoms with Crippen LogP contribution in [-0.4, -0.2) is 53.7 Å². The zero-order chi connectivity index (χ0) is 88.8. The molecule has 12 aromatic carbocycles. The smallest absolute Gasteiger partial charge is 0.122 e. The lowest BCUT2D eigenvalue weighted by molar-refractivity contribution is 0.110. The predicted molar refractivity (Wildman–Crippen MR) is 544 cm³/mol. The van der Waals surface area contributed by atoms with E-state index in [9.17, 15) is 0 Å². The SMILES string of the molecule is CC(C)C1c2ccccc2N(C)c2ccccc21.CC(C)c1c2c(nc3ccccc13)CCCC2.CC(C)c1c2c(nc3ccccc13)CCN(C)C2.CC(C)c1c2ccccc2cc2ccccc12.CC(C)c1c2ccccc2nc2ccccc12.CC(C)c1cccc2c1CCCO2.CC(C)c1cccc2c1CCOC2.Cc1sc2ccccc2c1C(C)C. The Bertz CT molecular complexity index is 6060. The zero-order valence-electron chi connectivity index (χ0n) is 78.7. The number of nitrogens with zero attached hydrogens (tertiary/aromatic N) is 5. The maximum Gasteiger partial charge on any atom is 0.122 e. The van der Waals surface area contributed by atoms with E-state index in [1.807, 2.05) is 23.5 Å².